The molecule has 0 aliphatic heterocycles. The highest BCUT2D eigenvalue weighted by atomic mass is 16.5. The molecule has 4 fully saturated rings. The molecule has 11 atom stereocenters. The Morgan fingerprint density at radius 2 is 1.46 bits per heavy atom. The molecule has 0 spiro atoms. The van der Waals surface area contributed by atoms with Gasteiger partial charge in [0.2, 0.25) is 0 Å². The summed E-state index contributed by atoms with van der Waals surface area (Å²) in [4.78, 5) is 35.0. The predicted octanol–water partition coefficient (Wildman–Crippen LogP) is 8.18. The van der Waals surface area contributed by atoms with Crippen LogP contribution in [0.15, 0.2) is 72.8 Å². The first-order valence-corrected chi connectivity index (χ1v) is 19.5. The standard InChI is InChI=1S/C44H52N2O6/c1-26(9-8-22-51-41(49)36-18-14-27-10-4-6-12-34(27)45-36)31-16-17-32-40-33(25-39(48)44(31,32)3)43(2)21-20-30(23-29(43)24-38(40)47)52-42(50)37-19-15-28-11-5-7-13-35(28)46-37/h4-7,10-15,18-19,26,29-33,38-40,47-48H,8-9,16-17,20-25H2,1-3H3/t26?,29?,30-,31?,32+,33+,38-,39+,40+,43+,44-/m1/s1. The van der Waals surface area contributed by atoms with Crippen LogP contribution in [0.3, 0.4) is 0 Å². The van der Waals surface area contributed by atoms with Gasteiger partial charge < -0.3 is 19.7 Å². The van der Waals surface area contributed by atoms with Crippen molar-refractivity contribution < 1.29 is 29.3 Å². The molecule has 4 aliphatic carbocycles. The van der Waals surface area contributed by atoms with Gasteiger partial charge in [-0.2, -0.15) is 0 Å². The number of aliphatic hydroxyl groups excluding tert-OH is 2. The number of fused-ring (bicyclic) bond motifs is 7. The van der Waals surface area contributed by atoms with Crippen LogP contribution >= 0.6 is 0 Å². The zero-order valence-electron chi connectivity index (χ0n) is 30.6. The summed E-state index contributed by atoms with van der Waals surface area (Å²) in [6, 6.07) is 22.8. The summed E-state index contributed by atoms with van der Waals surface area (Å²) in [6.07, 6.45) is 6.47. The number of nitrogens with zero attached hydrogens (tertiary/aromatic N) is 2. The van der Waals surface area contributed by atoms with Crippen molar-refractivity contribution in [3.63, 3.8) is 0 Å². The number of hydrogen-bond donors (Lipinski definition) is 2. The van der Waals surface area contributed by atoms with Crippen molar-refractivity contribution in [1.82, 2.24) is 9.97 Å². The molecule has 0 amide bonds. The van der Waals surface area contributed by atoms with Crippen LogP contribution in [0.25, 0.3) is 21.8 Å². The van der Waals surface area contributed by atoms with Crippen LogP contribution in [0.5, 0.6) is 0 Å². The highest BCUT2D eigenvalue weighted by Gasteiger charge is 2.65. The average Bonchev–Trinajstić information content (AvgIpc) is 3.52. The van der Waals surface area contributed by atoms with Crippen LogP contribution in [-0.2, 0) is 9.47 Å². The number of para-hydroxylation sites is 2. The molecule has 274 valence electrons. The number of rotatable bonds is 8. The summed E-state index contributed by atoms with van der Waals surface area (Å²) in [5.74, 6) is 0.769. The fraction of sp³-hybridized carbons (Fsp3) is 0.545. The van der Waals surface area contributed by atoms with Crippen LogP contribution in [-0.4, -0.2) is 57.0 Å². The number of aliphatic hydroxyl groups is 2. The lowest BCUT2D eigenvalue weighted by Gasteiger charge is -2.63. The summed E-state index contributed by atoms with van der Waals surface area (Å²) < 4.78 is 11.7. The summed E-state index contributed by atoms with van der Waals surface area (Å²) in [7, 11) is 0. The van der Waals surface area contributed by atoms with Gasteiger partial charge in [0.05, 0.1) is 29.8 Å². The van der Waals surface area contributed by atoms with E-state index < -0.39 is 18.2 Å². The van der Waals surface area contributed by atoms with E-state index in [2.05, 4.69) is 30.7 Å². The van der Waals surface area contributed by atoms with E-state index in [0.29, 0.717) is 42.7 Å². The molecule has 8 nitrogen and oxygen atoms in total. The van der Waals surface area contributed by atoms with Gasteiger partial charge in [0.25, 0.3) is 0 Å². The fourth-order valence-corrected chi connectivity index (χ4v) is 11.6. The first kappa shape index (κ1) is 35.2. The minimum atomic E-state index is -0.442. The van der Waals surface area contributed by atoms with Gasteiger partial charge in [-0.1, -0.05) is 69.3 Å². The smallest absolute Gasteiger partial charge is 0.357 e. The van der Waals surface area contributed by atoms with Crippen LogP contribution in [0, 0.1) is 46.3 Å². The first-order valence-electron chi connectivity index (χ1n) is 19.5. The van der Waals surface area contributed by atoms with E-state index >= 15 is 0 Å². The van der Waals surface area contributed by atoms with Gasteiger partial charge in [-0.3, -0.25) is 0 Å². The van der Waals surface area contributed by atoms with Gasteiger partial charge in [0.15, 0.2) is 0 Å². The Hall–Kier alpha value is -3.88. The maximum absolute atomic E-state index is 13.2. The highest BCUT2D eigenvalue weighted by Crippen LogP contribution is 2.68. The van der Waals surface area contributed by atoms with E-state index in [9.17, 15) is 19.8 Å². The average molecular weight is 705 g/mol. The Labute approximate surface area is 306 Å². The Balaban J connectivity index is 0.882. The molecule has 4 aromatic rings. The number of carbonyl (C=O) groups is 2. The second-order valence-electron chi connectivity index (χ2n) is 16.9. The van der Waals surface area contributed by atoms with Gasteiger partial charge in [-0.05, 0) is 128 Å². The lowest BCUT2D eigenvalue weighted by atomic mass is 9.43. The molecule has 3 unspecified atom stereocenters. The number of aromatic nitrogens is 2. The molecule has 0 radical (unpaired) electrons. The Kier molecular flexibility index (Phi) is 9.35. The van der Waals surface area contributed by atoms with Gasteiger partial charge in [-0.15, -0.1) is 0 Å². The molecule has 8 rings (SSSR count). The van der Waals surface area contributed by atoms with Crippen molar-refractivity contribution in [2.75, 3.05) is 6.61 Å². The molecule has 8 heteroatoms. The summed E-state index contributed by atoms with van der Waals surface area (Å²) in [5, 5.41) is 25.9. The Morgan fingerprint density at radius 1 is 0.808 bits per heavy atom. The summed E-state index contributed by atoms with van der Waals surface area (Å²) in [6.45, 7) is 7.29. The van der Waals surface area contributed by atoms with E-state index in [4.69, 9.17) is 9.47 Å². The number of benzene rings is 2. The van der Waals surface area contributed by atoms with Crippen molar-refractivity contribution >= 4 is 33.7 Å². The zero-order chi connectivity index (χ0) is 36.2. The Morgan fingerprint density at radius 3 is 2.15 bits per heavy atom. The van der Waals surface area contributed by atoms with E-state index in [0.717, 1.165) is 66.8 Å². The van der Waals surface area contributed by atoms with Crippen molar-refractivity contribution in [3.05, 3.63) is 84.2 Å². The van der Waals surface area contributed by atoms with Gasteiger partial charge >= 0.3 is 11.9 Å². The predicted molar refractivity (Wildman–Crippen MR) is 199 cm³/mol. The largest absolute Gasteiger partial charge is 0.461 e. The van der Waals surface area contributed by atoms with E-state index in [1.54, 1.807) is 12.1 Å². The maximum Gasteiger partial charge on any atom is 0.357 e. The number of carbonyl (C=O) groups excluding carboxylic acids is 2. The normalized spacial score (nSPS) is 34.6. The molecule has 2 aromatic carbocycles. The van der Waals surface area contributed by atoms with Crippen LogP contribution < -0.4 is 0 Å². The van der Waals surface area contributed by atoms with E-state index in [1.807, 2.05) is 60.7 Å². The summed E-state index contributed by atoms with van der Waals surface area (Å²) in [5.41, 5.74) is 1.92. The van der Waals surface area contributed by atoms with Gasteiger partial charge in [0, 0.05) is 10.8 Å². The monoisotopic (exact) mass is 704 g/mol. The van der Waals surface area contributed by atoms with Crippen LogP contribution in [0.2, 0.25) is 0 Å². The highest BCUT2D eigenvalue weighted by molar-refractivity contribution is 5.91. The van der Waals surface area contributed by atoms with Crippen molar-refractivity contribution in [1.29, 1.82) is 0 Å². The topological polar surface area (TPSA) is 119 Å². The maximum atomic E-state index is 13.2. The van der Waals surface area contributed by atoms with Crippen molar-refractivity contribution in [2.45, 2.75) is 96.9 Å². The molecule has 52 heavy (non-hydrogen) atoms. The number of pyridine rings is 2. The molecular formula is C44H52N2O6. The van der Waals surface area contributed by atoms with Crippen LogP contribution in [0.1, 0.15) is 99.5 Å². The van der Waals surface area contributed by atoms with Gasteiger partial charge in [0.1, 0.15) is 17.5 Å². The molecule has 2 N–H and O–H groups in total. The zero-order valence-corrected chi connectivity index (χ0v) is 30.6. The first-order chi connectivity index (χ1) is 25.1. The third-order valence-electron chi connectivity index (χ3n) is 14.4. The molecule has 4 saturated carbocycles. The molecule has 2 heterocycles. The fourth-order valence-electron chi connectivity index (χ4n) is 11.6. The van der Waals surface area contributed by atoms with Crippen LogP contribution in [0.4, 0.5) is 0 Å². The minimum absolute atomic E-state index is 0.0240. The lowest BCUT2D eigenvalue weighted by Crippen LogP contribution is -2.62. The van der Waals surface area contributed by atoms with Crippen molar-refractivity contribution in [3.8, 4) is 0 Å². The second-order valence-corrected chi connectivity index (χ2v) is 16.9. The summed E-state index contributed by atoms with van der Waals surface area (Å²) >= 11 is 0. The Bertz CT molecular complexity index is 1970. The number of esters is 2. The third kappa shape index (κ3) is 6.09. The van der Waals surface area contributed by atoms with E-state index in [-0.39, 0.29) is 46.6 Å². The van der Waals surface area contributed by atoms with E-state index in [1.165, 1.54) is 0 Å². The molecule has 2 aromatic heterocycles. The minimum Gasteiger partial charge on any atom is -0.461 e. The SMILES string of the molecule is CC(CCCOC(=O)c1ccc2ccccc2n1)C1CC[C@H]2[C@@H]3[C@H](O)CC4C[C@H](OC(=O)c5ccc6ccccc6n5)CC[C@]4(C)[C@H]3C[C@H](O)[C@]12C. The molecule has 4 aliphatic rings. The second kappa shape index (κ2) is 13.8. The third-order valence-corrected chi connectivity index (χ3v) is 14.4. The molecule has 0 bridgehead atoms. The van der Waals surface area contributed by atoms with Gasteiger partial charge in [-0.25, -0.2) is 19.6 Å². The number of hydrogen-bond acceptors (Lipinski definition) is 8. The quantitative estimate of drug-likeness (QED) is 0.139. The van der Waals surface area contributed by atoms with Crippen molar-refractivity contribution in [2.24, 2.45) is 46.3 Å². The number of ether oxygens (including phenoxy) is 2. The molecular weight excluding hydrogens is 652 g/mol. The molecule has 0 saturated heterocycles. The lowest BCUT2D eigenvalue weighted by molar-refractivity contribution is -0.207.